The molecule has 0 saturated heterocycles. The molecule has 2 nitrogen and oxygen atoms in total. The van der Waals surface area contributed by atoms with Crippen LogP contribution in [0.1, 0.15) is 16.7 Å². The van der Waals surface area contributed by atoms with Gasteiger partial charge in [-0.05, 0) is 77.4 Å². The predicted octanol–water partition coefficient (Wildman–Crippen LogP) is 12.4. The van der Waals surface area contributed by atoms with Gasteiger partial charge in [0.15, 0.2) is 0 Å². The number of para-hydroxylation sites is 2. The Bertz CT molecular complexity index is 2620. The van der Waals surface area contributed by atoms with E-state index in [-0.39, 0.29) is 0 Å². The molecule has 0 aliphatic heterocycles. The highest BCUT2D eigenvalue weighted by molar-refractivity contribution is 6.24. The van der Waals surface area contributed by atoms with Crippen molar-refractivity contribution in [3.05, 3.63) is 150 Å². The van der Waals surface area contributed by atoms with Crippen molar-refractivity contribution < 1.29 is 4.42 Å². The quantitative estimate of drug-likeness (QED) is 0.192. The Hall–Kier alpha value is -5.73. The van der Waals surface area contributed by atoms with E-state index in [1.54, 1.807) is 0 Å². The Labute approximate surface area is 267 Å². The number of furan rings is 1. The van der Waals surface area contributed by atoms with Gasteiger partial charge in [-0.25, -0.2) is 4.98 Å². The number of rotatable bonds is 3. The van der Waals surface area contributed by atoms with Crippen molar-refractivity contribution in [2.75, 3.05) is 0 Å². The summed E-state index contributed by atoms with van der Waals surface area (Å²) in [6.07, 6.45) is 0. The molecule has 7 aromatic carbocycles. The van der Waals surface area contributed by atoms with Crippen LogP contribution in [-0.2, 0) is 0 Å². The maximum atomic E-state index is 6.84. The molecule has 0 fully saturated rings. The Kier molecular flexibility index (Phi) is 5.88. The summed E-state index contributed by atoms with van der Waals surface area (Å²) in [6, 6.07) is 47.8. The first-order valence-corrected chi connectivity index (χ1v) is 15.9. The van der Waals surface area contributed by atoms with Crippen LogP contribution < -0.4 is 0 Å². The predicted molar refractivity (Wildman–Crippen MR) is 195 cm³/mol. The van der Waals surface area contributed by atoms with E-state index in [1.165, 1.54) is 49.2 Å². The van der Waals surface area contributed by atoms with Crippen LogP contribution in [0.4, 0.5) is 0 Å². The third-order valence-corrected chi connectivity index (χ3v) is 9.52. The number of aryl methyl sites for hydroxylation is 3. The third-order valence-electron chi connectivity index (χ3n) is 9.52. The van der Waals surface area contributed by atoms with Gasteiger partial charge in [0.25, 0.3) is 0 Å². The zero-order chi connectivity index (χ0) is 30.9. The van der Waals surface area contributed by atoms with Crippen molar-refractivity contribution in [2.45, 2.75) is 20.8 Å². The minimum absolute atomic E-state index is 0.911. The third kappa shape index (κ3) is 4.00. The minimum Gasteiger partial charge on any atom is -0.455 e. The maximum absolute atomic E-state index is 6.84. The molecule has 0 saturated carbocycles. The first-order valence-electron chi connectivity index (χ1n) is 15.9. The van der Waals surface area contributed by atoms with Crippen LogP contribution in [0.5, 0.6) is 0 Å². The monoisotopic (exact) mass is 589 g/mol. The van der Waals surface area contributed by atoms with Gasteiger partial charge in [0, 0.05) is 38.2 Å². The molecule has 0 N–H and O–H groups in total. The highest BCUT2D eigenvalue weighted by atomic mass is 16.3. The van der Waals surface area contributed by atoms with E-state index in [0.29, 0.717) is 0 Å². The molecule has 0 radical (unpaired) electrons. The fraction of sp³-hybridized carbons (Fsp3) is 0.0682. The summed E-state index contributed by atoms with van der Waals surface area (Å²) in [5.74, 6) is 0. The topological polar surface area (TPSA) is 26.0 Å². The largest absolute Gasteiger partial charge is 0.455 e. The van der Waals surface area contributed by atoms with Gasteiger partial charge in [0.05, 0.1) is 11.2 Å². The number of nitrogens with zero attached hydrogens (tertiary/aromatic N) is 1. The Morgan fingerprint density at radius 2 is 0.957 bits per heavy atom. The highest BCUT2D eigenvalue weighted by Crippen LogP contribution is 2.42. The summed E-state index contributed by atoms with van der Waals surface area (Å²) in [5.41, 5.74) is 13.3. The molecule has 46 heavy (non-hydrogen) atoms. The smallest absolute Gasteiger partial charge is 0.143 e. The lowest BCUT2D eigenvalue weighted by Crippen LogP contribution is -1.90. The molecular formula is C44H31NO. The van der Waals surface area contributed by atoms with Gasteiger partial charge in [-0.2, -0.15) is 0 Å². The van der Waals surface area contributed by atoms with E-state index < -0.39 is 0 Å². The van der Waals surface area contributed by atoms with Crippen molar-refractivity contribution >= 4 is 54.4 Å². The van der Waals surface area contributed by atoms with Crippen LogP contribution in [0.2, 0.25) is 0 Å². The zero-order valence-electron chi connectivity index (χ0n) is 26.1. The summed E-state index contributed by atoms with van der Waals surface area (Å²) in [4.78, 5) is 5.30. The van der Waals surface area contributed by atoms with Crippen LogP contribution in [0, 0.1) is 20.8 Å². The Morgan fingerprint density at radius 1 is 0.435 bits per heavy atom. The van der Waals surface area contributed by atoms with E-state index in [0.717, 1.165) is 55.4 Å². The molecule has 0 unspecified atom stereocenters. The number of pyridine rings is 1. The van der Waals surface area contributed by atoms with Crippen LogP contribution in [0.25, 0.3) is 87.9 Å². The standard InChI is InChI=1S/C44H31NO/c1-26-23-27(2)41(28(3)24-26)39-20-10-19-38-37-18-9-17-31(43(37)46-44(38)39)29-11-8-12-30(25-29)40-22-21-36-34-15-5-4-13-32(34)33-14-6-7-16-35(33)42(36)45-40/h4-25H,1-3H3. The molecule has 0 atom stereocenters. The number of benzene rings is 7. The number of hydrogen-bond acceptors (Lipinski definition) is 2. The first kappa shape index (κ1) is 26.7. The fourth-order valence-electron chi connectivity index (χ4n) is 7.62. The summed E-state index contributed by atoms with van der Waals surface area (Å²) in [6.45, 7) is 6.54. The van der Waals surface area contributed by atoms with Crippen molar-refractivity contribution in [3.63, 3.8) is 0 Å². The van der Waals surface area contributed by atoms with E-state index in [4.69, 9.17) is 9.40 Å². The van der Waals surface area contributed by atoms with Crippen LogP contribution in [0.15, 0.2) is 138 Å². The molecule has 0 aliphatic carbocycles. The molecule has 2 heteroatoms. The van der Waals surface area contributed by atoms with Gasteiger partial charge >= 0.3 is 0 Å². The zero-order valence-corrected chi connectivity index (χ0v) is 26.1. The van der Waals surface area contributed by atoms with Gasteiger partial charge in [-0.15, -0.1) is 0 Å². The van der Waals surface area contributed by atoms with E-state index in [1.807, 2.05) is 0 Å². The number of hydrogen-bond donors (Lipinski definition) is 0. The molecular weight excluding hydrogens is 558 g/mol. The molecule has 2 heterocycles. The maximum Gasteiger partial charge on any atom is 0.143 e. The first-order chi connectivity index (χ1) is 22.5. The van der Waals surface area contributed by atoms with Gasteiger partial charge < -0.3 is 4.42 Å². The summed E-state index contributed by atoms with van der Waals surface area (Å²) < 4.78 is 6.84. The fourth-order valence-corrected chi connectivity index (χ4v) is 7.62. The minimum atomic E-state index is 0.911. The molecule has 9 aromatic rings. The van der Waals surface area contributed by atoms with Crippen LogP contribution in [-0.4, -0.2) is 4.98 Å². The van der Waals surface area contributed by atoms with Crippen molar-refractivity contribution in [2.24, 2.45) is 0 Å². The summed E-state index contributed by atoms with van der Waals surface area (Å²) in [5, 5.41) is 8.35. The molecule has 0 bridgehead atoms. The normalized spacial score (nSPS) is 11.8. The molecule has 2 aromatic heterocycles. The highest BCUT2D eigenvalue weighted by Gasteiger charge is 2.18. The average Bonchev–Trinajstić information content (AvgIpc) is 3.48. The summed E-state index contributed by atoms with van der Waals surface area (Å²) in [7, 11) is 0. The molecule has 0 aliphatic rings. The van der Waals surface area contributed by atoms with Gasteiger partial charge in [0.2, 0.25) is 0 Å². The number of aromatic nitrogens is 1. The van der Waals surface area contributed by atoms with Crippen LogP contribution in [0.3, 0.4) is 0 Å². The van der Waals surface area contributed by atoms with E-state index in [2.05, 4.69) is 154 Å². The second-order valence-corrected chi connectivity index (χ2v) is 12.5. The van der Waals surface area contributed by atoms with E-state index in [9.17, 15) is 0 Å². The lowest BCUT2D eigenvalue weighted by molar-refractivity contribution is 0.671. The van der Waals surface area contributed by atoms with Crippen LogP contribution >= 0.6 is 0 Å². The molecule has 9 rings (SSSR count). The number of fused-ring (bicyclic) bond motifs is 9. The second kappa shape index (κ2) is 10.2. The van der Waals surface area contributed by atoms with Crippen molar-refractivity contribution in [1.29, 1.82) is 0 Å². The molecule has 218 valence electrons. The van der Waals surface area contributed by atoms with E-state index >= 15 is 0 Å². The second-order valence-electron chi connectivity index (χ2n) is 12.5. The lowest BCUT2D eigenvalue weighted by Gasteiger charge is -2.12. The Balaban J connectivity index is 1.22. The average molecular weight is 590 g/mol. The van der Waals surface area contributed by atoms with Crippen molar-refractivity contribution in [1.82, 2.24) is 4.98 Å². The van der Waals surface area contributed by atoms with Crippen molar-refractivity contribution in [3.8, 4) is 33.5 Å². The van der Waals surface area contributed by atoms with Gasteiger partial charge in [-0.3, -0.25) is 0 Å². The SMILES string of the molecule is Cc1cc(C)c(-c2cccc3c2oc2c(-c4cccc(-c5ccc6c7ccccc7c7ccccc7c6n5)c4)cccc23)c(C)c1. The summed E-state index contributed by atoms with van der Waals surface area (Å²) >= 11 is 0. The van der Waals surface area contributed by atoms with Gasteiger partial charge in [0.1, 0.15) is 11.2 Å². The molecule has 0 amide bonds. The Morgan fingerprint density at radius 3 is 1.65 bits per heavy atom. The van der Waals surface area contributed by atoms with Gasteiger partial charge in [-0.1, -0.05) is 121 Å². The molecule has 0 spiro atoms. The lowest BCUT2D eigenvalue weighted by atomic mass is 9.92.